The number of hydrogen-bond donors (Lipinski definition) is 0. The number of hydrogen-bond acceptors (Lipinski definition) is 6. The topological polar surface area (TPSA) is 71.1 Å². The fourth-order valence-electron chi connectivity index (χ4n) is 3.11. The Hall–Kier alpha value is -3.58. The van der Waals surface area contributed by atoms with Crippen LogP contribution in [0.25, 0.3) is 6.08 Å². The normalized spacial score (nSPS) is 13.5. The Kier molecular flexibility index (Phi) is 5.77. The van der Waals surface area contributed by atoms with Gasteiger partial charge in [0.1, 0.15) is 11.5 Å². The molecule has 0 saturated carbocycles. The van der Waals surface area contributed by atoms with Gasteiger partial charge in [-0.05, 0) is 54.1 Å². The molecular weight excluding hydrogens is 464 g/mol. The summed E-state index contributed by atoms with van der Waals surface area (Å²) in [6.07, 6.45) is 1.67. The molecule has 0 radical (unpaired) electrons. The van der Waals surface area contributed by atoms with Gasteiger partial charge in [-0.1, -0.05) is 28.1 Å². The molecule has 0 aliphatic carbocycles. The number of carbonyl (C=O) groups excluding carboxylic acids is 2. The van der Waals surface area contributed by atoms with Crippen LogP contribution in [0.3, 0.4) is 0 Å². The molecule has 156 valence electrons. The second kappa shape index (κ2) is 8.65. The number of rotatable bonds is 5. The van der Waals surface area contributed by atoms with Gasteiger partial charge in [-0.2, -0.15) is 0 Å². The third kappa shape index (κ3) is 4.32. The van der Waals surface area contributed by atoms with Crippen molar-refractivity contribution in [3.8, 4) is 23.0 Å². The molecule has 4 rings (SSSR count). The predicted molar refractivity (Wildman–Crippen MR) is 118 cm³/mol. The van der Waals surface area contributed by atoms with Gasteiger partial charge in [-0.15, -0.1) is 0 Å². The summed E-state index contributed by atoms with van der Waals surface area (Å²) < 4.78 is 22.5. The van der Waals surface area contributed by atoms with Crippen LogP contribution >= 0.6 is 15.9 Å². The smallest absolute Gasteiger partial charge is 0.343 e. The molecule has 0 bridgehead atoms. The molecule has 7 heteroatoms. The average molecular weight is 481 g/mol. The largest absolute Gasteiger partial charge is 0.493 e. The summed E-state index contributed by atoms with van der Waals surface area (Å²) in [5, 5.41) is 0. The Bertz CT molecular complexity index is 1210. The van der Waals surface area contributed by atoms with Crippen molar-refractivity contribution < 1.29 is 28.5 Å². The maximum Gasteiger partial charge on any atom is 0.343 e. The molecule has 6 nitrogen and oxygen atoms in total. The lowest BCUT2D eigenvalue weighted by Gasteiger charge is -2.10. The number of allylic oxidation sites excluding steroid dienone is 1. The monoisotopic (exact) mass is 480 g/mol. The molecule has 0 N–H and O–H groups in total. The Morgan fingerprint density at radius 1 is 0.968 bits per heavy atom. The molecule has 0 saturated heterocycles. The highest BCUT2D eigenvalue weighted by atomic mass is 79.9. The lowest BCUT2D eigenvalue weighted by atomic mass is 10.1. The highest BCUT2D eigenvalue weighted by Crippen LogP contribution is 2.35. The number of halogens is 1. The van der Waals surface area contributed by atoms with Crippen LogP contribution in [0.15, 0.2) is 70.9 Å². The van der Waals surface area contributed by atoms with E-state index < -0.39 is 5.97 Å². The predicted octanol–water partition coefficient (Wildman–Crippen LogP) is 5.30. The van der Waals surface area contributed by atoms with Crippen molar-refractivity contribution in [2.45, 2.75) is 0 Å². The van der Waals surface area contributed by atoms with Crippen LogP contribution in [0.1, 0.15) is 26.3 Å². The molecular formula is C24H17BrO6. The first-order chi connectivity index (χ1) is 15.0. The molecule has 0 unspecified atom stereocenters. The molecule has 0 aromatic heterocycles. The SMILES string of the molecule is COc1ccc(C(=O)Oc2ccc3c(c2)OC(=Cc2cccc(Br)c2)C3=O)cc1OC. The first kappa shape index (κ1) is 20.7. The van der Waals surface area contributed by atoms with E-state index in [9.17, 15) is 9.59 Å². The number of benzene rings is 3. The van der Waals surface area contributed by atoms with Crippen molar-refractivity contribution in [1.29, 1.82) is 0 Å². The lowest BCUT2D eigenvalue weighted by Crippen LogP contribution is -2.09. The van der Waals surface area contributed by atoms with E-state index in [1.165, 1.54) is 26.4 Å². The minimum absolute atomic E-state index is 0.205. The van der Waals surface area contributed by atoms with Crippen LogP contribution in [0.5, 0.6) is 23.0 Å². The summed E-state index contributed by atoms with van der Waals surface area (Å²) >= 11 is 3.41. The zero-order valence-corrected chi connectivity index (χ0v) is 18.3. The van der Waals surface area contributed by atoms with Crippen molar-refractivity contribution in [2.75, 3.05) is 14.2 Å². The number of ether oxygens (including phenoxy) is 4. The van der Waals surface area contributed by atoms with Crippen LogP contribution in [0, 0.1) is 0 Å². The van der Waals surface area contributed by atoms with Crippen LogP contribution < -0.4 is 18.9 Å². The van der Waals surface area contributed by atoms with Crippen LogP contribution in [-0.2, 0) is 0 Å². The Morgan fingerprint density at radius 3 is 2.52 bits per heavy atom. The summed E-state index contributed by atoms with van der Waals surface area (Å²) in [4.78, 5) is 25.2. The molecule has 1 heterocycles. The standard InChI is InChI=1S/C24H17BrO6/c1-28-19-9-6-15(12-21(19)29-2)24(27)30-17-7-8-18-20(13-17)31-22(23(18)26)11-14-4-3-5-16(25)10-14/h3-13H,1-2H3. The molecule has 0 fully saturated rings. The van der Waals surface area contributed by atoms with Gasteiger partial charge in [0.25, 0.3) is 0 Å². The first-order valence-electron chi connectivity index (χ1n) is 9.26. The van der Waals surface area contributed by atoms with Gasteiger partial charge in [-0.3, -0.25) is 4.79 Å². The third-order valence-electron chi connectivity index (χ3n) is 4.62. The van der Waals surface area contributed by atoms with E-state index in [2.05, 4.69) is 15.9 Å². The Labute approximate surface area is 187 Å². The summed E-state index contributed by atoms with van der Waals surface area (Å²) in [5.74, 6) is 0.925. The number of esters is 1. The molecule has 3 aromatic rings. The van der Waals surface area contributed by atoms with E-state index in [0.717, 1.165) is 10.0 Å². The Morgan fingerprint density at radius 2 is 1.77 bits per heavy atom. The lowest BCUT2D eigenvalue weighted by molar-refractivity contribution is 0.0734. The minimum Gasteiger partial charge on any atom is -0.493 e. The van der Waals surface area contributed by atoms with Crippen LogP contribution in [0.2, 0.25) is 0 Å². The molecule has 1 aliphatic heterocycles. The maximum atomic E-state index is 12.6. The second-order valence-corrected chi connectivity index (χ2v) is 7.53. The van der Waals surface area contributed by atoms with Gasteiger partial charge >= 0.3 is 5.97 Å². The summed E-state index contributed by atoms with van der Waals surface area (Å²) in [5.41, 5.74) is 1.53. The van der Waals surface area contributed by atoms with Gasteiger partial charge in [0.15, 0.2) is 17.3 Å². The van der Waals surface area contributed by atoms with Crippen molar-refractivity contribution in [3.05, 3.63) is 87.6 Å². The van der Waals surface area contributed by atoms with Gasteiger partial charge in [0.2, 0.25) is 5.78 Å². The maximum absolute atomic E-state index is 12.6. The summed E-state index contributed by atoms with van der Waals surface area (Å²) in [6.45, 7) is 0. The fraction of sp³-hybridized carbons (Fsp3) is 0.0833. The molecule has 0 atom stereocenters. The van der Waals surface area contributed by atoms with Gasteiger partial charge < -0.3 is 18.9 Å². The molecule has 0 amide bonds. The number of fused-ring (bicyclic) bond motifs is 1. The van der Waals surface area contributed by atoms with E-state index in [0.29, 0.717) is 28.4 Å². The van der Waals surface area contributed by atoms with Crippen LogP contribution in [-0.4, -0.2) is 26.0 Å². The van der Waals surface area contributed by atoms with E-state index in [4.69, 9.17) is 18.9 Å². The van der Waals surface area contributed by atoms with E-state index in [1.54, 1.807) is 30.3 Å². The van der Waals surface area contributed by atoms with Crippen molar-refractivity contribution in [2.24, 2.45) is 0 Å². The van der Waals surface area contributed by atoms with Gasteiger partial charge in [-0.25, -0.2) is 4.79 Å². The minimum atomic E-state index is -0.574. The summed E-state index contributed by atoms with van der Waals surface area (Å²) in [7, 11) is 3.00. The van der Waals surface area contributed by atoms with Gasteiger partial charge in [0, 0.05) is 10.5 Å². The zero-order valence-electron chi connectivity index (χ0n) is 16.7. The number of methoxy groups -OCH3 is 2. The van der Waals surface area contributed by atoms with Crippen LogP contribution in [0.4, 0.5) is 0 Å². The average Bonchev–Trinajstić information content (AvgIpc) is 3.07. The first-order valence-corrected chi connectivity index (χ1v) is 10.1. The quantitative estimate of drug-likeness (QED) is 0.280. The third-order valence-corrected chi connectivity index (χ3v) is 5.11. The number of ketones is 1. The highest BCUT2D eigenvalue weighted by Gasteiger charge is 2.28. The zero-order chi connectivity index (χ0) is 22.0. The highest BCUT2D eigenvalue weighted by molar-refractivity contribution is 9.10. The van der Waals surface area contributed by atoms with Crippen molar-refractivity contribution in [3.63, 3.8) is 0 Å². The van der Waals surface area contributed by atoms with Crippen molar-refractivity contribution >= 4 is 33.8 Å². The molecule has 31 heavy (non-hydrogen) atoms. The molecule has 1 aliphatic rings. The summed E-state index contributed by atoms with van der Waals surface area (Å²) in [6, 6.07) is 16.9. The molecule has 3 aromatic carbocycles. The Balaban J connectivity index is 1.54. The fourth-order valence-corrected chi connectivity index (χ4v) is 3.52. The van der Waals surface area contributed by atoms with Gasteiger partial charge in [0.05, 0.1) is 25.3 Å². The van der Waals surface area contributed by atoms with Crippen molar-refractivity contribution in [1.82, 2.24) is 0 Å². The second-order valence-electron chi connectivity index (χ2n) is 6.61. The molecule has 0 spiro atoms. The van der Waals surface area contributed by atoms with E-state index in [-0.39, 0.29) is 17.3 Å². The van der Waals surface area contributed by atoms with E-state index >= 15 is 0 Å². The van der Waals surface area contributed by atoms with E-state index in [1.807, 2.05) is 24.3 Å². The number of carbonyl (C=O) groups is 2. The number of Topliss-reactive ketones (excluding diaryl/α,β-unsaturated/α-hetero) is 1.